The van der Waals surface area contributed by atoms with E-state index < -0.39 is 5.97 Å². The first kappa shape index (κ1) is 15.5. The van der Waals surface area contributed by atoms with Crippen molar-refractivity contribution in [3.63, 3.8) is 0 Å². The Kier molecular flexibility index (Phi) is 4.96. The number of carbonyl (C=O) groups is 2. The number of amides is 1. The van der Waals surface area contributed by atoms with Gasteiger partial charge in [-0.25, -0.2) is 4.79 Å². The predicted octanol–water partition coefficient (Wildman–Crippen LogP) is 2.19. The molecule has 1 fully saturated rings. The monoisotopic (exact) mass is 290 g/mol. The smallest absolute Gasteiger partial charge is 0.340 e. The number of ether oxygens (including phenoxy) is 1. The number of hydrogen-bond donors (Lipinski definition) is 2. The highest BCUT2D eigenvalue weighted by Gasteiger charge is 2.39. The number of para-hydroxylation sites is 1. The number of rotatable bonds is 5. The van der Waals surface area contributed by atoms with E-state index >= 15 is 0 Å². The van der Waals surface area contributed by atoms with Gasteiger partial charge in [-0.1, -0.05) is 19.1 Å². The highest BCUT2D eigenvalue weighted by molar-refractivity contribution is 6.03. The van der Waals surface area contributed by atoms with Gasteiger partial charge in [0.05, 0.1) is 23.3 Å². The summed E-state index contributed by atoms with van der Waals surface area (Å²) in [4.78, 5) is 24.5. The minimum atomic E-state index is -0.413. The Balaban J connectivity index is 2.19. The molecule has 1 aromatic rings. The van der Waals surface area contributed by atoms with Crippen molar-refractivity contribution in [1.29, 1.82) is 0 Å². The van der Waals surface area contributed by atoms with E-state index in [1.54, 1.807) is 31.2 Å². The normalized spacial score (nSPS) is 21.0. The Labute approximate surface area is 125 Å². The van der Waals surface area contributed by atoms with E-state index in [1.165, 1.54) is 0 Å². The standard InChI is InChI=1S/C16H22N2O3/c1-3-16(9-10-17-11-16)15(20)18-13-8-6-5-7-12(13)14(19)21-4-2/h5-8,17H,3-4,9-11H2,1-2H3,(H,18,20). The molecule has 1 heterocycles. The third kappa shape index (κ3) is 3.24. The topological polar surface area (TPSA) is 67.4 Å². The van der Waals surface area contributed by atoms with Crippen molar-refractivity contribution < 1.29 is 14.3 Å². The molecule has 1 aliphatic rings. The van der Waals surface area contributed by atoms with E-state index in [0.29, 0.717) is 24.4 Å². The van der Waals surface area contributed by atoms with E-state index in [4.69, 9.17) is 4.74 Å². The molecule has 0 saturated carbocycles. The molecule has 1 saturated heterocycles. The van der Waals surface area contributed by atoms with Crippen LogP contribution in [0.1, 0.15) is 37.0 Å². The van der Waals surface area contributed by atoms with Gasteiger partial charge in [0.15, 0.2) is 0 Å². The number of hydrogen-bond acceptors (Lipinski definition) is 4. The third-order valence-corrected chi connectivity index (χ3v) is 4.07. The van der Waals surface area contributed by atoms with Crippen LogP contribution >= 0.6 is 0 Å². The molecule has 0 aromatic heterocycles. The van der Waals surface area contributed by atoms with Crippen molar-refractivity contribution in [3.05, 3.63) is 29.8 Å². The molecule has 1 unspecified atom stereocenters. The second-order valence-electron chi connectivity index (χ2n) is 5.28. The molecule has 0 radical (unpaired) electrons. The zero-order valence-electron chi connectivity index (χ0n) is 12.6. The lowest BCUT2D eigenvalue weighted by Crippen LogP contribution is -2.38. The zero-order valence-corrected chi connectivity index (χ0v) is 12.6. The minimum Gasteiger partial charge on any atom is -0.462 e. The van der Waals surface area contributed by atoms with Crippen LogP contribution in [-0.2, 0) is 9.53 Å². The Bertz CT molecular complexity index is 522. The molecule has 0 aliphatic carbocycles. The average Bonchev–Trinajstić information content (AvgIpc) is 2.98. The molecule has 0 spiro atoms. The van der Waals surface area contributed by atoms with Crippen molar-refractivity contribution in [1.82, 2.24) is 5.32 Å². The van der Waals surface area contributed by atoms with Crippen LogP contribution in [0.15, 0.2) is 24.3 Å². The van der Waals surface area contributed by atoms with Gasteiger partial charge in [0.2, 0.25) is 5.91 Å². The molecular weight excluding hydrogens is 268 g/mol. The van der Waals surface area contributed by atoms with Gasteiger partial charge >= 0.3 is 5.97 Å². The molecule has 0 bridgehead atoms. The van der Waals surface area contributed by atoms with Gasteiger partial charge in [0.1, 0.15) is 0 Å². The largest absolute Gasteiger partial charge is 0.462 e. The van der Waals surface area contributed by atoms with Gasteiger partial charge in [-0.05, 0) is 38.4 Å². The number of carbonyl (C=O) groups excluding carboxylic acids is 2. The highest BCUT2D eigenvalue weighted by atomic mass is 16.5. The summed E-state index contributed by atoms with van der Waals surface area (Å²) in [5.41, 5.74) is 0.521. The summed E-state index contributed by atoms with van der Waals surface area (Å²) in [5, 5.41) is 6.14. The van der Waals surface area contributed by atoms with Crippen LogP contribution in [0.4, 0.5) is 5.69 Å². The summed E-state index contributed by atoms with van der Waals surface area (Å²) < 4.78 is 5.02. The van der Waals surface area contributed by atoms with Crippen LogP contribution in [-0.4, -0.2) is 31.6 Å². The van der Waals surface area contributed by atoms with Gasteiger partial charge < -0.3 is 15.4 Å². The Morgan fingerprint density at radius 2 is 2.10 bits per heavy atom. The van der Waals surface area contributed by atoms with Gasteiger partial charge in [0, 0.05) is 6.54 Å². The maximum atomic E-state index is 12.6. The van der Waals surface area contributed by atoms with Crippen LogP contribution in [0.25, 0.3) is 0 Å². The Hall–Kier alpha value is -1.88. The van der Waals surface area contributed by atoms with E-state index in [0.717, 1.165) is 19.4 Å². The Morgan fingerprint density at radius 3 is 2.71 bits per heavy atom. The SMILES string of the molecule is CCOC(=O)c1ccccc1NC(=O)C1(CC)CCNC1. The average molecular weight is 290 g/mol. The van der Waals surface area contributed by atoms with Crippen molar-refractivity contribution in [2.45, 2.75) is 26.7 Å². The zero-order chi connectivity index (χ0) is 15.3. The van der Waals surface area contributed by atoms with E-state index in [9.17, 15) is 9.59 Å². The second kappa shape index (κ2) is 6.72. The molecule has 1 aliphatic heterocycles. The number of esters is 1. The molecule has 21 heavy (non-hydrogen) atoms. The van der Waals surface area contributed by atoms with Gasteiger partial charge in [-0.3, -0.25) is 4.79 Å². The summed E-state index contributed by atoms with van der Waals surface area (Å²) in [5.74, 6) is -0.449. The fourth-order valence-electron chi connectivity index (χ4n) is 2.63. The van der Waals surface area contributed by atoms with Crippen molar-refractivity contribution in [2.75, 3.05) is 25.0 Å². The summed E-state index contributed by atoms with van der Waals surface area (Å²) in [6.45, 7) is 5.61. The fourth-order valence-corrected chi connectivity index (χ4v) is 2.63. The molecule has 1 amide bonds. The summed E-state index contributed by atoms with van der Waals surface area (Å²) in [7, 11) is 0. The first-order valence-corrected chi connectivity index (χ1v) is 7.41. The van der Waals surface area contributed by atoms with Crippen LogP contribution in [0, 0.1) is 5.41 Å². The van der Waals surface area contributed by atoms with E-state index in [2.05, 4.69) is 10.6 Å². The second-order valence-corrected chi connectivity index (χ2v) is 5.28. The number of nitrogens with one attached hydrogen (secondary N) is 2. The maximum absolute atomic E-state index is 12.6. The van der Waals surface area contributed by atoms with E-state index in [-0.39, 0.29) is 11.3 Å². The summed E-state index contributed by atoms with van der Waals surface area (Å²) in [6.07, 6.45) is 1.59. The molecule has 5 heteroatoms. The Morgan fingerprint density at radius 1 is 1.33 bits per heavy atom. The number of anilines is 1. The molecule has 2 rings (SSSR count). The fraction of sp³-hybridized carbons (Fsp3) is 0.500. The lowest BCUT2D eigenvalue weighted by molar-refractivity contribution is -0.124. The molecule has 114 valence electrons. The van der Waals surface area contributed by atoms with Gasteiger partial charge in [-0.2, -0.15) is 0 Å². The molecule has 5 nitrogen and oxygen atoms in total. The van der Waals surface area contributed by atoms with Crippen LogP contribution in [0.2, 0.25) is 0 Å². The van der Waals surface area contributed by atoms with Gasteiger partial charge in [0.25, 0.3) is 0 Å². The third-order valence-electron chi connectivity index (χ3n) is 4.07. The van der Waals surface area contributed by atoms with Crippen molar-refractivity contribution in [2.24, 2.45) is 5.41 Å². The quantitative estimate of drug-likeness (QED) is 0.816. The molecular formula is C16H22N2O3. The predicted molar refractivity (Wildman–Crippen MR) is 81.2 cm³/mol. The minimum absolute atomic E-state index is 0.0354. The molecule has 1 atom stereocenters. The maximum Gasteiger partial charge on any atom is 0.340 e. The molecule has 2 N–H and O–H groups in total. The first-order chi connectivity index (χ1) is 10.1. The van der Waals surface area contributed by atoms with E-state index in [1.807, 2.05) is 6.92 Å². The van der Waals surface area contributed by atoms with Crippen molar-refractivity contribution in [3.8, 4) is 0 Å². The highest BCUT2D eigenvalue weighted by Crippen LogP contribution is 2.31. The first-order valence-electron chi connectivity index (χ1n) is 7.41. The van der Waals surface area contributed by atoms with Crippen LogP contribution in [0.5, 0.6) is 0 Å². The number of benzene rings is 1. The van der Waals surface area contributed by atoms with Crippen LogP contribution < -0.4 is 10.6 Å². The lowest BCUT2D eigenvalue weighted by Gasteiger charge is -2.25. The summed E-state index contributed by atoms with van der Waals surface area (Å²) >= 11 is 0. The summed E-state index contributed by atoms with van der Waals surface area (Å²) in [6, 6.07) is 6.95. The molecule has 1 aromatic carbocycles. The lowest BCUT2D eigenvalue weighted by atomic mass is 9.83. The van der Waals surface area contributed by atoms with Crippen LogP contribution in [0.3, 0.4) is 0 Å². The van der Waals surface area contributed by atoms with Gasteiger partial charge in [-0.15, -0.1) is 0 Å². The van der Waals surface area contributed by atoms with Crippen molar-refractivity contribution >= 4 is 17.6 Å².